The van der Waals surface area contributed by atoms with E-state index in [1.165, 1.54) is 31.4 Å². The van der Waals surface area contributed by atoms with Gasteiger partial charge in [-0.15, -0.1) is 23.5 Å². The Labute approximate surface area is 77.9 Å². The first-order chi connectivity index (χ1) is 5.36. The second-order valence-electron chi connectivity index (χ2n) is 3.62. The van der Waals surface area contributed by atoms with Crippen molar-refractivity contribution in [3.05, 3.63) is 0 Å². The van der Waals surface area contributed by atoms with E-state index in [4.69, 9.17) is 0 Å². The van der Waals surface area contributed by atoms with E-state index in [1.54, 1.807) is 0 Å². The Morgan fingerprint density at radius 2 is 2.00 bits per heavy atom. The van der Waals surface area contributed by atoms with Crippen LogP contribution in [-0.4, -0.2) is 15.6 Å². The Balaban J connectivity index is 1.93. The molecule has 3 atom stereocenters. The van der Waals surface area contributed by atoms with E-state index in [9.17, 15) is 0 Å². The summed E-state index contributed by atoms with van der Waals surface area (Å²) in [6.45, 7) is 2.36. The molecule has 1 aliphatic heterocycles. The molecule has 11 heavy (non-hydrogen) atoms. The zero-order valence-electron chi connectivity index (χ0n) is 7.08. The van der Waals surface area contributed by atoms with Gasteiger partial charge in [0, 0.05) is 9.83 Å². The molecule has 2 aliphatic rings. The van der Waals surface area contributed by atoms with Crippen molar-refractivity contribution in [2.24, 2.45) is 5.92 Å². The standard InChI is InChI=1S/C9H16S2/c1-7-10-6-8-4-2-3-5-9(8)11-7/h7-9H,2-6H2,1H3/t7-,8?,9?/m1/s1. The van der Waals surface area contributed by atoms with Gasteiger partial charge in [-0.05, 0) is 31.4 Å². The molecule has 1 saturated carbocycles. The van der Waals surface area contributed by atoms with Crippen molar-refractivity contribution in [1.82, 2.24) is 0 Å². The largest absolute Gasteiger partial charge is 0.148 e. The molecule has 64 valence electrons. The minimum Gasteiger partial charge on any atom is -0.148 e. The first-order valence-corrected chi connectivity index (χ1v) is 6.62. The third-order valence-corrected chi connectivity index (χ3v) is 5.94. The average molecular weight is 188 g/mol. The quantitative estimate of drug-likeness (QED) is 0.571. The zero-order valence-corrected chi connectivity index (χ0v) is 8.72. The van der Waals surface area contributed by atoms with Crippen LogP contribution in [0.2, 0.25) is 0 Å². The van der Waals surface area contributed by atoms with Crippen molar-refractivity contribution >= 4 is 23.5 Å². The molecular formula is C9H16S2. The molecule has 2 unspecified atom stereocenters. The fourth-order valence-corrected chi connectivity index (χ4v) is 5.35. The van der Waals surface area contributed by atoms with Gasteiger partial charge < -0.3 is 0 Å². The van der Waals surface area contributed by atoms with Crippen molar-refractivity contribution in [1.29, 1.82) is 0 Å². The fraction of sp³-hybridized carbons (Fsp3) is 1.00. The Hall–Kier alpha value is 0.700. The predicted octanol–water partition coefficient (Wildman–Crippen LogP) is 3.37. The summed E-state index contributed by atoms with van der Waals surface area (Å²) in [5.74, 6) is 2.51. The van der Waals surface area contributed by atoms with E-state index in [-0.39, 0.29) is 0 Å². The first kappa shape index (κ1) is 8.31. The van der Waals surface area contributed by atoms with Gasteiger partial charge in [-0.3, -0.25) is 0 Å². The molecule has 0 aromatic carbocycles. The average Bonchev–Trinajstić information content (AvgIpc) is 2.04. The van der Waals surface area contributed by atoms with Crippen LogP contribution in [0.1, 0.15) is 32.6 Å². The van der Waals surface area contributed by atoms with Crippen molar-refractivity contribution in [3.8, 4) is 0 Å². The Morgan fingerprint density at radius 1 is 1.18 bits per heavy atom. The third kappa shape index (κ3) is 1.89. The maximum absolute atomic E-state index is 2.36. The fourth-order valence-electron chi connectivity index (χ4n) is 2.09. The molecular weight excluding hydrogens is 172 g/mol. The Bertz CT molecular complexity index is 136. The molecule has 0 aromatic rings. The van der Waals surface area contributed by atoms with Crippen LogP contribution in [-0.2, 0) is 0 Å². The summed E-state index contributed by atoms with van der Waals surface area (Å²) in [7, 11) is 0. The van der Waals surface area contributed by atoms with E-state index in [2.05, 4.69) is 30.4 Å². The van der Waals surface area contributed by atoms with Crippen molar-refractivity contribution < 1.29 is 0 Å². The van der Waals surface area contributed by atoms with Crippen LogP contribution in [0.15, 0.2) is 0 Å². The number of rotatable bonds is 0. The summed E-state index contributed by atoms with van der Waals surface area (Å²) in [6.07, 6.45) is 6.00. The lowest BCUT2D eigenvalue weighted by Gasteiger charge is -2.37. The molecule has 1 aliphatic carbocycles. The Kier molecular flexibility index (Phi) is 2.73. The van der Waals surface area contributed by atoms with Crippen LogP contribution in [0, 0.1) is 5.92 Å². The van der Waals surface area contributed by atoms with Gasteiger partial charge >= 0.3 is 0 Å². The van der Waals surface area contributed by atoms with Crippen molar-refractivity contribution in [2.45, 2.75) is 42.4 Å². The van der Waals surface area contributed by atoms with Gasteiger partial charge in [0.1, 0.15) is 0 Å². The van der Waals surface area contributed by atoms with Gasteiger partial charge in [-0.25, -0.2) is 0 Å². The third-order valence-electron chi connectivity index (χ3n) is 2.75. The lowest BCUT2D eigenvalue weighted by atomic mass is 9.90. The molecule has 0 bridgehead atoms. The van der Waals surface area contributed by atoms with E-state index >= 15 is 0 Å². The molecule has 1 heterocycles. The van der Waals surface area contributed by atoms with Crippen LogP contribution in [0.3, 0.4) is 0 Å². The smallest absolute Gasteiger partial charge is 0.0477 e. The van der Waals surface area contributed by atoms with Gasteiger partial charge in [0.2, 0.25) is 0 Å². The number of hydrogen-bond donors (Lipinski definition) is 0. The summed E-state index contributed by atoms with van der Waals surface area (Å²) in [6, 6.07) is 0. The summed E-state index contributed by atoms with van der Waals surface area (Å²) in [5, 5.41) is 1.03. The molecule has 0 nitrogen and oxygen atoms in total. The maximum atomic E-state index is 2.36. The topological polar surface area (TPSA) is 0 Å². The number of hydrogen-bond acceptors (Lipinski definition) is 2. The highest BCUT2D eigenvalue weighted by Crippen LogP contribution is 2.45. The van der Waals surface area contributed by atoms with Gasteiger partial charge in [-0.2, -0.15) is 0 Å². The van der Waals surface area contributed by atoms with Crippen molar-refractivity contribution in [2.75, 3.05) is 5.75 Å². The summed E-state index contributed by atoms with van der Waals surface area (Å²) in [4.78, 5) is 0. The number of thioether (sulfide) groups is 2. The van der Waals surface area contributed by atoms with Crippen LogP contribution >= 0.6 is 23.5 Å². The molecule has 0 aromatic heterocycles. The van der Waals surface area contributed by atoms with E-state index < -0.39 is 0 Å². The van der Waals surface area contributed by atoms with Crippen LogP contribution in [0.25, 0.3) is 0 Å². The highest BCUT2D eigenvalue weighted by Gasteiger charge is 2.31. The minimum atomic E-state index is 0.870. The lowest BCUT2D eigenvalue weighted by molar-refractivity contribution is 0.401. The summed E-state index contributed by atoms with van der Waals surface area (Å²) < 4.78 is 0.870. The Morgan fingerprint density at radius 3 is 2.91 bits per heavy atom. The molecule has 0 amide bonds. The highest BCUT2D eigenvalue weighted by molar-refractivity contribution is 8.17. The summed E-state index contributed by atoms with van der Waals surface area (Å²) in [5.41, 5.74) is 0. The van der Waals surface area contributed by atoms with E-state index in [0.717, 1.165) is 15.7 Å². The van der Waals surface area contributed by atoms with E-state index in [1.807, 2.05) is 0 Å². The molecule has 1 saturated heterocycles. The SMILES string of the molecule is C[C@@H]1SCC2CCCCC2S1. The molecule has 2 rings (SSSR count). The van der Waals surface area contributed by atoms with E-state index in [0.29, 0.717) is 0 Å². The van der Waals surface area contributed by atoms with Gasteiger partial charge in [0.05, 0.1) is 0 Å². The van der Waals surface area contributed by atoms with Gasteiger partial charge in [-0.1, -0.05) is 12.8 Å². The van der Waals surface area contributed by atoms with Crippen molar-refractivity contribution in [3.63, 3.8) is 0 Å². The predicted molar refractivity (Wildman–Crippen MR) is 55.3 cm³/mol. The second-order valence-corrected chi connectivity index (χ2v) is 6.88. The van der Waals surface area contributed by atoms with Crippen LogP contribution in [0.4, 0.5) is 0 Å². The number of fused-ring (bicyclic) bond motifs is 1. The molecule has 2 heteroatoms. The normalized spacial score (nSPS) is 45.0. The monoisotopic (exact) mass is 188 g/mol. The minimum absolute atomic E-state index is 0.870. The first-order valence-electron chi connectivity index (χ1n) is 4.63. The second kappa shape index (κ2) is 3.61. The van der Waals surface area contributed by atoms with Gasteiger partial charge in [0.25, 0.3) is 0 Å². The molecule has 0 spiro atoms. The van der Waals surface area contributed by atoms with Crippen LogP contribution < -0.4 is 0 Å². The highest BCUT2D eigenvalue weighted by atomic mass is 32.2. The van der Waals surface area contributed by atoms with Crippen LogP contribution in [0.5, 0.6) is 0 Å². The zero-order chi connectivity index (χ0) is 7.68. The molecule has 2 fully saturated rings. The lowest BCUT2D eigenvalue weighted by Crippen LogP contribution is -2.29. The molecule has 0 N–H and O–H groups in total. The van der Waals surface area contributed by atoms with Gasteiger partial charge in [0.15, 0.2) is 0 Å². The maximum Gasteiger partial charge on any atom is 0.0477 e. The molecule has 0 radical (unpaired) electrons. The summed E-state index contributed by atoms with van der Waals surface area (Å²) >= 11 is 4.40.